The van der Waals surface area contributed by atoms with Crippen molar-refractivity contribution >= 4 is 17.9 Å². The molecule has 0 fully saturated rings. The van der Waals surface area contributed by atoms with Gasteiger partial charge in [-0.15, -0.1) is 0 Å². The maximum atomic E-state index is 12.4. The molecule has 0 bridgehead atoms. The summed E-state index contributed by atoms with van der Waals surface area (Å²) in [6.07, 6.45) is 3.11. The molecular weight excluding hydrogens is 326 g/mol. The van der Waals surface area contributed by atoms with Crippen molar-refractivity contribution in [3.63, 3.8) is 0 Å². The van der Waals surface area contributed by atoms with Crippen molar-refractivity contribution in [3.8, 4) is 0 Å². The third kappa shape index (κ3) is 5.62. The van der Waals surface area contributed by atoms with E-state index < -0.39 is 23.8 Å². The van der Waals surface area contributed by atoms with Gasteiger partial charge in [-0.3, -0.25) is 4.79 Å². The minimum Gasteiger partial charge on any atom is -0.466 e. The van der Waals surface area contributed by atoms with Gasteiger partial charge in [0.2, 0.25) is 0 Å². The summed E-state index contributed by atoms with van der Waals surface area (Å²) >= 11 is 0. The van der Waals surface area contributed by atoms with Crippen LogP contribution >= 0.6 is 0 Å². The number of carbonyl (C=O) groups excluding carboxylic acids is 3. The van der Waals surface area contributed by atoms with E-state index in [4.69, 9.17) is 14.2 Å². The molecule has 1 aliphatic rings. The molecule has 1 aliphatic heterocycles. The summed E-state index contributed by atoms with van der Waals surface area (Å²) in [5.41, 5.74) is 0.489. The number of nitrogens with zero attached hydrogens (tertiary/aromatic N) is 1. The molecule has 1 rings (SSSR count). The zero-order chi connectivity index (χ0) is 19.0. The molecule has 0 saturated carbocycles. The SMILES string of the molecule is CCOC(=O)CC1C(C(=O)OCC)=CN(C(C)C)C=C1C(=O)OCC. The van der Waals surface area contributed by atoms with Crippen LogP contribution in [0.4, 0.5) is 0 Å². The van der Waals surface area contributed by atoms with Crippen molar-refractivity contribution in [2.24, 2.45) is 5.92 Å². The van der Waals surface area contributed by atoms with Gasteiger partial charge in [0, 0.05) is 24.4 Å². The Labute approximate surface area is 148 Å². The van der Waals surface area contributed by atoms with E-state index in [1.54, 1.807) is 38.1 Å². The maximum Gasteiger partial charge on any atom is 0.336 e. The van der Waals surface area contributed by atoms with Gasteiger partial charge >= 0.3 is 17.9 Å². The maximum absolute atomic E-state index is 12.4. The van der Waals surface area contributed by atoms with Gasteiger partial charge in [-0.05, 0) is 34.6 Å². The molecule has 0 radical (unpaired) electrons. The summed E-state index contributed by atoms with van der Waals surface area (Å²) < 4.78 is 15.2. The Morgan fingerprint density at radius 2 is 1.36 bits per heavy atom. The Bertz CT molecular complexity index is 528. The van der Waals surface area contributed by atoms with Crippen LogP contribution in [0.5, 0.6) is 0 Å². The third-order valence-electron chi connectivity index (χ3n) is 3.62. The van der Waals surface area contributed by atoms with Crippen LogP contribution in [0.3, 0.4) is 0 Å². The van der Waals surface area contributed by atoms with Crippen molar-refractivity contribution in [1.29, 1.82) is 0 Å². The number of ether oxygens (including phenoxy) is 3. The minimum atomic E-state index is -0.757. The fourth-order valence-corrected chi connectivity index (χ4v) is 2.43. The van der Waals surface area contributed by atoms with E-state index in [2.05, 4.69) is 0 Å². The molecule has 0 aromatic carbocycles. The molecule has 140 valence electrons. The summed E-state index contributed by atoms with van der Waals surface area (Å²) in [6.45, 7) is 9.55. The Kier molecular flexibility index (Phi) is 8.18. The average Bonchev–Trinajstić information content (AvgIpc) is 2.55. The van der Waals surface area contributed by atoms with Crippen LogP contribution in [0.1, 0.15) is 41.0 Å². The molecule has 0 N–H and O–H groups in total. The van der Waals surface area contributed by atoms with Gasteiger partial charge in [-0.2, -0.15) is 0 Å². The topological polar surface area (TPSA) is 82.1 Å². The fraction of sp³-hybridized carbons (Fsp3) is 0.611. The highest BCUT2D eigenvalue weighted by molar-refractivity contribution is 5.97. The van der Waals surface area contributed by atoms with E-state index in [9.17, 15) is 14.4 Å². The van der Waals surface area contributed by atoms with Crippen LogP contribution in [-0.2, 0) is 28.6 Å². The normalized spacial score (nSPS) is 14.7. The molecule has 0 aromatic rings. The van der Waals surface area contributed by atoms with E-state index in [1.165, 1.54) is 0 Å². The van der Waals surface area contributed by atoms with Crippen LogP contribution in [0.15, 0.2) is 23.5 Å². The number of esters is 3. The first-order valence-electron chi connectivity index (χ1n) is 8.56. The monoisotopic (exact) mass is 353 g/mol. The summed E-state index contributed by atoms with van der Waals surface area (Å²) in [5.74, 6) is -2.36. The first kappa shape index (κ1) is 20.7. The van der Waals surface area contributed by atoms with Gasteiger partial charge in [0.1, 0.15) is 0 Å². The molecule has 0 atom stereocenters. The van der Waals surface area contributed by atoms with Gasteiger partial charge in [0.25, 0.3) is 0 Å². The predicted molar refractivity (Wildman–Crippen MR) is 91.1 cm³/mol. The lowest BCUT2D eigenvalue weighted by Gasteiger charge is -2.31. The second-order valence-corrected chi connectivity index (χ2v) is 5.71. The van der Waals surface area contributed by atoms with E-state index >= 15 is 0 Å². The standard InChI is InChI=1S/C18H27NO6/c1-6-23-16(20)9-13-14(17(21)24-7-2)10-19(12(4)5)11-15(13)18(22)25-8-3/h10-13H,6-9H2,1-5H3. The molecule has 0 aromatic heterocycles. The third-order valence-corrected chi connectivity index (χ3v) is 3.62. The lowest BCUT2D eigenvalue weighted by atomic mass is 9.86. The quantitative estimate of drug-likeness (QED) is 0.488. The Balaban J connectivity index is 3.28. The predicted octanol–water partition coefficient (Wildman–Crippen LogP) is 2.17. The molecular formula is C18H27NO6. The number of carbonyl (C=O) groups is 3. The van der Waals surface area contributed by atoms with Gasteiger partial charge in [0.05, 0.1) is 37.4 Å². The van der Waals surface area contributed by atoms with Crippen LogP contribution < -0.4 is 0 Å². The second-order valence-electron chi connectivity index (χ2n) is 5.71. The van der Waals surface area contributed by atoms with Crippen LogP contribution in [0.2, 0.25) is 0 Å². The summed E-state index contributed by atoms with van der Waals surface area (Å²) in [4.78, 5) is 38.5. The number of rotatable bonds is 8. The van der Waals surface area contributed by atoms with Crippen molar-refractivity contribution < 1.29 is 28.6 Å². The van der Waals surface area contributed by atoms with Gasteiger partial charge < -0.3 is 19.1 Å². The fourth-order valence-electron chi connectivity index (χ4n) is 2.43. The molecule has 0 unspecified atom stereocenters. The lowest BCUT2D eigenvalue weighted by molar-refractivity contribution is -0.144. The van der Waals surface area contributed by atoms with Gasteiger partial charge in [-0.25, -0.2) is 9.59 Å². The van der Waals surface area contributed by atoms with Crippen molar-refractivity contribution in [3.05, 3.63) is 23.5 Å². The van der Waals surface area contributed by atoms with E-state index in [-0.39, 0.29) is 43.4 Å². The highest BCUT2D eigenvalue weighted by Crippen LogP contribution is 2.32. The van der Waals surface area contributed by atoms with Crippen molar-refractivity contribution in [1.82, 2.24) is 4.90 Å². The smallest absolute Gasteiger partial charge is 0.336 e. The Morgan fingerprint density at radius 3 is 1.72 bits per heavy atom. The Hall–Kier alpha value is -2.31. The lowest BCUT2D eigenvalue weighted by Crippen LogP contribution is -2.34. The molecule has 0 aliphatic carbocycles. The van der Waals surface area contributed by atoms with E-state index in [1.807, 2.05) is 13.8 Å². The van der Waals surface area contributed by atoms with Crippen LogP contribution in [-0.4, -0.2) is 48.7 Å². The molecule has 7 nitrogen and oxygen atoms in total. The van der Waals surface area contributed by atoms with Crippen LogP contribution in [0, 0.1) is 5.92 Å². The molecule has 25 heavy (non-hydrogen) atoms. The number of hydrogen-bond acceptors (Lipinski definition) is 7. The molecule has 0 spiro atoms. The zero-order valence-electron chi connectivity index (χ0n) is 15.5. The summed E-state index contributed by atoms with van der Waals surface area (Å²) in [6, 6.07) is 0.0115. The highest BCUT2D eigenvalue weighted by Gasteiger charge is 2.36. The van der Waals surface area contributed by atoms with E-state index in [0.29, 0.717) is 0 Å². The first-order chi connectivity index (χ1) is 11.8. The largest absolute Gasteiger partial charge is 0.466 e. The molecule has 0 saturated heterocycles. The van der Waals surface area contributed by atoms with Crippen LogP contribution in [0.25, 0.3) is 0 Å². The zero-order valence-corrected chi connectivity index (χ0v) is 15.5. The summed E-state index contributed by atoms with van der Waals surface area (Å²) in [7, 11) is 0. The highest BCUT2D eigenvalue weighted by atomic mass is 16.5. The average molecular weight is 353 g/mol. The number of hydrogen-bond donors (Lipinski definition) is 0. The van der Waals surface area contributed by atoms with Crippen molar-refractivity contribution in [2.75, 3.05) is 19.8 Å². The Morgan fingerprint density at radius 1 is 0.920 bits per heavy atom. The first-order valence-corrected chi connectivity index (χ1v) is 8.56. The van der Waals surface area contributed by atoms with E-state index in [0.717, 1.165) is 0 Å². The van der Waals surface area contributed by atoms with Gasteiger partial charge in [0.15, 0.2) is 0 Å². The van der Waals surface area contributed by atoms with Gasteiger partial charge in [-0.1, -0.05) is 0 Å². The molecule has 1 heterocycles. The summed E-state index contributed by atoms with van der Waals surface area (Å²) in [5, 5.41) is 0. The molecule has 0 amide bonds. The van der Waals surface area contributed by atoms with Crippen molar-refractivity contribution in [2.45, 2.75) is 47.1 Å². The molecule has 7 heteroatoms. The second kappa shape index (κ2) is 9.86. The minimum absolute atomic E-state index is 0.0115.